The van der Waals surface area contributed by atoms with Gasteiger partial charge in [0.15, 0.2) is 5.65 Å². The lowest BCUT2D eigenvalue weighted by molar-refractivity contribution is -0.122. The predicted octanol–water partition coefficient (Wildman–Crippen LogP) is 3.61. The first kappa shape index (κ1) is 17.4. The normalized spacial score (nSPS) is 25.5. The van der Waals surface area contributed by atoms with Crippen LogP contribution in [-0.4, -0.2) is 26.9 Å². The number of nitrogens with one attached hydrogen (secondary N) is 2. The molecule has 3 aromatic rings. The first-order valence-corrected chi connectivity index (χ1v) is 9.85. The number of carbonyl (C=O) groups excluding carboxylic acids is 1. The number of anilines is 1. The molecule has 1 amide bonds. The number of pyridine rings is 1. The monoisotopic (exact) mass is 441 g/mol. The fourth-order valence-corrected chi connectivity index (χ4v) is 4.81. The van der Waals surface area contributed by atoms with Gasteiger partial charge in [-0.25, -0.2) is 14.4 Å². The van der Waals surface area contributed by atoms with Crippen LogP contribution in [0.15, 0.2) is 47.1 Å². The van der Waals surface area contributed by atoms with Gasteiger partial charge in [-0.05, 0) is 58.5 Å². The zero-order chi connectivity index (χ0) is 19.4. The number of fused-ring (bicyclic) bond motifs is 3. The standard InChI is InChI=1S/C20H17BrFN5O/c21-13-8-24-20-17(26-19(27-20)9-3-5-12(22)6-4-9)16(13)25-15-11-2-1-10(7-11)14(15)18(23)28/h1-6,8,10-11,14-15H,7H2,(H2,23,28)(H2,24,25,26,27)/t10-,11-,14+,15-/m1/s1. The van der Waals surface area contributed by atoms with Crippen LogP contribution in [0.1, 0.15) is 6.42 Å². The maximum Gasteiger partial charge on any atom is 0.223 e. The van der Waals surface area contributed by atoms with Gasteiger partial charge in [0.05, 0.1) is 16.1 Å². The van der Waals surface area contributed by atoms with E-state index in [2.05, 4.69) is 48.4 Å². The van der Waals surface area contributed by atoms with Crippen LogP contribution in [0.3, 0.4) is 0 Å². The number of benzene rings is 1. The minimum absolute atomic E-state index is 0.0769. The molecule has 0 aliphatic heterocycles. The molecule has 0 radical (unpaired) electrons. The van der Waals surface area contributed by atoms with Crippen molar-refractivity contribution < 1.29 is 9.18 Å². The topological polar surface area (TPSA) is 96.7 Å². The SMILES string of the molecule is NC(=O)[C@@H]1[C@H](Nc2c(Br)cnc3nc(-c4ccc(F)cc4)[nH]c23)[C@@H]2C=C[C@@H]1C2. The van der Waals surface area contributed by atoms with Crippen molar-refractivity contribution >= 4 is 38.7 Å². The highest BCUT2D eigenvalue weighted by Gasteiger charge is 2.47. The molecular weight excluding hydrogens is 425 g/mol. The number of nitrogens with zero attached hydrogens (tertiary/aromatic N) is 2. The smallest absolute Gasteiger partial charge is 0.223 e. The number of imidazole rings is 1. The Labute approximate surface area is 168 Å². The molecule has 5 rings (SSSR count). The van der Waals surface area contributed by atoms with Gasteiger partial charge in [0, 0.05) is 17.8 Å². The van der Waals surface area contributed by atoms with E-state index in [0.29, 0.717) is 11.5 Å². The van der Waals surface area contributed by atoms with Crippen LogP contribution >= 0.6 is 15.9 Å². The van der Waals surface area contributed by atoms with E-state index in [1.54, 1.807) is 18.3 Å². The van der Waals surface area contributed by atoms with Crippen LogP contribution in [0.5, 0.6) is 0 Å². The second kappa shape index (κ2) is 6.41. The average Bonchev–Trinajstić information content (AvgIpc) is 3.38. The maximum atomic E-state index is 13.2. The number of hydrogen-bond donors (Lipinski definition) is 3. The van der Waals surface area contributed by atoms with Crippen molar-refractivity contribution in [3.63, 3.8) is 0 Å². The third kappa shape index (κ3) is 2.71. The summed E-state index contributed by atoms with van der Waals surface area (Å²) >= 11 is 3.55. The number of nitrogens with two attached hydrogens (primary N) is 1. The number of primary amides is 1. The van der Waals surface area contributed by atoms with E-state index in [9.17, 15) is 9.18 Å². The van der Waals surface area contributed by atoms with Crippen molar-refractivity contribution in [3.8, 4) is 11.4 Å². The lowest BCUT2D eigenvalue weighted by Crippen LogP contribution is -2.41. The summed E-state index contributed by atoms with van der Waals surface area (Å²) in [5.41, 5.74) is 8.51. The van der Waals surface area contributed by atoms with Gasteiger partial charge in [-0.2, -0.15) is 0 Å². The summed E-state index contributed by atoms with van der Waals surface area (Å²) in [5.74, 6) is 0.217. The fourth-order valence-electron chi connectivity index (χ4n) is 4.39. The van der Waals surface area contributed by atoms with Crippen LogP contribution < -0.4 is 11.1 Å². The predicted molar refractivity (Wildman–Crippen MR) is 108 cm³/mol. The number of allylic oxidation sites excluding steroid dienone is 1. The molecule has 1 saturated carbocycles. The van der Waals surface area contributed by atoms with Gasteiger partial charge in [0.25, 0.3) is 0 Å². The zero-order valence-electron chi connectivity index (χ0n) is 14.7. The summed E-state index contributed by atoms with van der Waals surface area (Å²) < 4.78 is 14.0. The second-order valence-corrected chi connectivity index (χ2v) is 8.17. The quantitative estimate of drug-likeness (QED) is 0.538. The molecule has 2 heterocycles. The van der Waals surface area contributed by atoms with Gasteiger partial charge in [-0.1, -0.05) is 12.2 Å². The molecule has 28 heavy (non-hydrogen) atoms. The molecule has 6 nitrogen and oxygen atoms in total. The molecule has 8 heteroatoms. The molecule has 2 aromatic heterocycles. The number of halogens is 2. The summed E-state index contributed by atoms with van der Waals surface area (Å²) in [6.07, 6.45) is 6.87. The Morgan fingerprint density at radius 3 is 2.75 bits per heavy atom. The van der Waals surface area contributed by atoms with Crippen molar-refractivity contribution in [3.05, 3.63) is 52.9 Å². The highest BCUT2D eigenvalue weighted by Crippen LogP contribution is 2.46. The van der Waals surface area contributed by atoms with Crippen molar-refractivity contribution in [2.45, 2.75) is 12.5 Å². The highest BCUT2D eigenvalue weighted by molar-refractivity contribution is 9.10. The van der Waals surface area contributed by atoms with Gasteiger partial charge in [-0.15, -0.1) is 0 Å². The number of aromatic amines is 1. The van der Waals surface area contributed by atoms with E-state index < -0.39 is 0 Å². The van der Waals surface area contributed by atoms with E-state index in [4.69, 9.17) is 5.73 Å². The summed E-state index contributed by atoms with van der Waals surface area (Å²) in [4.78, 5) is 24.2. The van der Waals surface area contributed by atoms with Gasteiger partial charge in [0.2, 0.25) is 5.91 Å². The maximum absolute atomic E-state index is 13.2. The minimum atomic E-state index is -0.301. The van der Waals surface area contributed by atoms with E-state index in [1.807, 2.05) is 0 Å². The largest absolute Gasteiger partial charge is 0.378 e. The Morgan fingerprint density at radius 1 is 1.25 bits per heavy atom. The number of rotatable bonds is 4. The summed E-state index contributed by atoms with van der Waals surface area (Å²) in [5, 5.41) is 3.52. The second-order valence-electron chi connectivity index (χ2n) is 7.32. The molecule has 4 atom stereocenters. The van der Waals surface area contributed by atoms with Gasteiger partial charge < -0.3 is 16.0 Å². The van der Waals surface area contributed by atoms with Crippen molar-refractivity contribution in [2.75, 3.05) is 5.32 Å². The number of aromatic nitrogens is 3. The van der Waals surface area contributed by atoms with E-state index in [0.717, 1.165) is 27.7 Å². The minimum Gasteiger partial charge on any atom is -0.378 e. The molecule has 2 bridgehead atoms. The molecule has 2 aliphatic rings. The van der Waals surface area contributed by atoms with E-state index in [-0.39, 0.29) is 35.5 Å². The Hall–Kier alpha value is -2.74. The van der Waals surface area contributed by atoms with Gasteiger partial charge in [0.1, 0.15) is 17.2 Å². The molecule has 0 unspecified atom stereocenters. The number of H-pyrrole nitrogens is 1. The first-order chi connectivity index (χ1) is 13.5. The molecule has 1 aromatic carbocycles. The Bertz CT molecular complexity index is 1110. The summed E-state index contributed by atoms with van der Waals surface area (Å²) in [6, 6.07) is 6.04. The van der Waals surface area contributed by atoms with Crippen LogP contribution in [0.25, 0.3) is 22.6 Å². The summed E-state index contributed by atoms with van der Waals surface area (Å²) in [6.45, 7) is 0. The van der Waals surface area contributed by atoms with E-state index in [1.165, 1.54) is 12.1 Å². The Morgan fingerprint density at radius 2 is 2.00 bits per heavy atom. The van der Waals surface area contributed by atoms with Crippen LogP contribution in [0.2, 0.25) is 0 Å². The molecule has 2 aliphatic carbocycles. The Balaban J connectivity index is 1.56. The summed E-state index contributed by atoms with van der Waals surface area (Å²) in [7, 11) is 0. The number of hydrogen-bond acceptors (Lipinski definition) is 4. The molecule has 4 N–H and O–H groups in total. The lowest BCUT2D eigenvalue weighted by Gasteiger charge is -2.28. The average molecular weight is 442 g/mol. The molecule has 0 saturated heterocycles. The van der Waals surface area contributed by atoms with Gasteiger partial charge >= 0.3 is 0 Å². The number of carbonyl (C=O) groups is 1. The van der Waals surface area contributed by atoms with Crippen molar-refractivity contribution in [1.82, 2.24) is 15.0 Å². The Kier molecular flexibility index (Phi) is 3.97. The van der Waals surface area contributed by atoms with Crippen LogP contribution in [0.4, 0.5) is 10.1 Å². The van der Waals surface area contributed by atoms with Crippen molar-refractivity contribution in [1.29, 1.82) is 0 Å². The lowest BCUT2D eigenvalue weighted by atomic mass is 9.88. The molecular formula is C20H17BrFN5O. The third-order valence-corrected chi connectivity index (χ3v) is 6.29. The third-order valence-electron chi connectivity index (χ3n) is 5.69. The first-order valence-electron chi connectivity index (χ1n) is 9.05. The zero-order valence-corrected chi connectivity index (χ0v) is 16.3. The van der Waals surface area contributed by atoms with Gasteiger partial charge in [-0.3, -0.25) is 4.79 Å². The number of amides is 1. The highest BCUT2D eigenvalue weighted by atomic mass is 79.9. The van der Waals surface area contributed by atoms with Crippen LogP contribution in [-0.2, 0) is 4.79 Å². The van der Waals surface area contributed by atoms with E-state index >= 15 is 0 Å². The molecule has 1 fully saturated rings. The molecule has 0 spiro atoms. The van der Waals surface area contributed by atoms with Crippen molar-refractivity contribution in [2.24, 2.45) is 23.5 Å². The molecule has 142 valence electrons. The van der Waals surface area contributed by atoms with Crippen LogP contribution in [0, 0.1) is 23.6 Å². The fraction of sp³-hybridized carbons (Fsp3) is 0.250.